The molecule has 0 N–H and O–H groups in total. The van der Waals surface area contributed by atoms with Gasteiger partial charge in [-0.15, -0.1) is 0 Å². The van der Waals surface area contributed by atoms with Crippen LogP contribution in [0.3, 0.4) is 0 Å². The zero-order valence-corrected chi connectivity index (χ0v) is 13.7. The van der Waals surface area contributed by atoms with Gasteiger partial charge in [0.05, 0.1) is 23.1 Å². The van der Waals surface area contributed by atoms with Gasteiger partial charge in [-0.1, -0.05) is 0 Å². The van der Waals surface area contributed by atoms with Crippen molar-refractivity contribution in [3.63, 3.8) is 0 Å². The van der Waals surface area contributed by atoms with Crippen molar-refractivity contribution >= 4 is 10.0 Å². The van der Waals surface area contributed by atoms with E-state index in [0.717, 1.165) is 6.42 Å². The molecule has 2 aromatic rings. The summed E-state index contributed by atoms with van der Waals surface area (Å²) in [6, 6.07) is 9.84. The first-order valence-electron chi connectivity index (χ1n) is 7.53. The van der Waals surface area contributed by atoms with E-state index in [2.05, 4.69) is 9.97 Å². The molecule has 0 saturated carbocycles. The monoisotopic (exact) mass is 344 g/mol. The van der Waals surface area contributed by atoms with Crippen molar-refractivity contribution in [2.45, 2.75) is 23.8 Å². The van der Waals surface area contributed by atoms with Crippen LogP contribution in [0.1, 0.15) is 18.4 Å². The maximum Gasteiger partial charge on any atom is 0.316 e. The van der Waals surface area contributed by atoms with E-state index in [0.29, 0.717) is 18.5 Å². The number of aromatic nitrogens is 2. The number of sulfonamides is 1. The summed E-state index contributed by atoms with van der Waals surface area (Å²) in [5.74, 6) is 0. The fourth-order valence-electron chi connectivity index (χ4n) is 2.57. The van der Waals surface area contributed by atoms with Crippen molar-refractivity contribution in [3.8, 4) is 12.1 Å². The van der Waals surface area contributed by atoms with Crippen LogP contribution in [0.15, 0.2) is 47.6 Å². The van der Waals surface area contributed by atoms with Gasteiger partial charge in [0, 0.05) is 18.9 Å². The van der Waals surface area contributed by atoms with Crippen LogP contribution in [0.5, 0.6) is 6.01 Å². The number of ether oxygens (including phenoxy) is 1. The van der Waals surface area contributed by atoms with Crippen LogP contribution >= 0.6 is 0 Å². The Balaban J connectivity index is 1.74. The molecular weight excluding hydrogens is 328 g/mol. The first-order valence-corrected chi connectivity index (χ1v) is 8.97. The molecule has 0 aliphatic carbocycles. The van der Waals surface area contributed by atoms with Crippen molar-refractivity contribution in [2.75, 3.05) is 13.1 Å². The molecule has 24 heavy (non-hydrogen) atoms. The van der Waals surface area contributed by atoms with Crippen molar-refractivity contribution < 1.29 is 13.2 Å². The van der Waals surface area contributed by atoms with Crippen LogP contribution in [-0.4, -0.2) is 41.9 Å². The van der Waals surface area contributed by atoms with E-state index in [-0.39, 0.29) is 23.6 Å². The summed E-state index contributed by atoms with van der Waals surface area (Å²) in [6.45, 7) is 0.693. The Morgan fingerprint density at radius 3 is 2.58 bits per heavy atom. The number of hydrogen-bond acceptors (Lipinski definition) is 6. The Morgan fingerprint density at radius 2 is 1.92 bits per heavy atom. The second kappa shape index (κ2) is 6.95. The molecule has 1 aliphatic rings. The summed E-state index contributed by atoms with van der Waals surface area (Å²) < 4.78 is 32.6. The Labute approximate surface area is 140 Å². The molecule has 1 saturated heterocycles. The molecule has 1 aliphatic heterocycles. The largest absolute Gasteiger partial charge is 0.459 e. The van der Waals surface area contributed by atoms with Gasteiger partial charge in [0.25, 0.3) is 0 Å². The normalized spacial score (nSPS) is 18.7. The number of nitrogens with zero attached hydrogens (tertiary/aromatic N) is 4. The van der Waals surface area contributed by atoms with E-state index in [4.69, 9.17) is 10.00 Å². The van der Waals surface area contributed by atoms with Crippen molar-refractivity contribution in [1.82, 2.24) is 14.3 Å². The van der Waals surface area contributed by atoms with Crippen molar-refractivity contribution in [1.29, 1.82) is 5.26 Å². The first kappa shape index (κ1) is 16.4. The predicted molar refractivity (Wildman–Crippen MR) is 85.6 cm³/mol. The van der Waals surface area contributed by atoms with Gasteiger partial charge in [-0.2, -0.15) is 9.57 Å². The molecule has 124 valence electrons. The predicted octanol–water partition coefficient (Wildman–Crippen LogP) is 1.58. The maximum absolute atomic E-state index is 12.7. The minimum absolute atomic E-state index is 0.179. The SMILES string of the molecule is N#Cc1ccc(S(=O)(=O)N2CCC[C@@H](Oc3ncccn3)C2)cc1. The summed E-state index contributed by atoms with van der Waals surface area (Å²) in [4.78, 5) is 8.19. The summed E-state index contributed by atoms with van der Waals surface area (Å²) >= 11 is 0. The quantitative estimate of drug-likeness (QED) is 0.835. The summed E-state index contributed by atoms with van der Waals surface area (Å²) in [5.41, 5.74) is 0.426. The van der Waals surface area contributed by atoms with E-state index >= 15 is 0 Å². The summed E-state index contributed by atoms with van der Waals surface area (Å²) in [6.07, 6.45) is 4.33. The van der Waals surface area contributed by atoms with Gasteiger partial charge < -0.3 is 4.74 Å². The second-order valence-corrected chi connectivity index (χ2v) is 7.35. The van der Waals surface area contributed by atoms with E-state index in [1.54, 1.807) is 18.5 Å². The van der Waals surface area contributed by atoms with Gasteiger partial charge in [0.1, 0.15) is 6.10 Å². The van der Waals surface area contributed by atoms with Gasteiger partial charge in [-0.05, 0) is 43.2 Å². The average Bonchev–Trinajstić information content (AvgIpc) is 2.63. The van der Waals surface area contributed by atoms with Crippen molar-refractivity contribution in [2.24, 2.45) is 0 Å². The third-order valence-electron chi connectivity index (χ3n) is 3.78. The highest BCUT2D eigenvalue weighted by Crippen LogP contribution is 2.22. The number of hydrogen-bond donors (Lipinski definition) is 0. The molecule has 1 aromatic carbocycles. The molecule has 0 bridgehead atoms. The first-order chi connectivity index (χ1) is 11.6. The van der Waals surface area contributed by atoms with Gasteiger partial charge in [-0.25, -0.2) is 18.4 Å². The number of benzene rings is 1. The Hall–Kier alpha value is -2.50. The highest BCUT2D eigenvalue weighted by atomic mass is 32.2. The minimum atomic E-state index is -3.61. The van der Waals surface area contributed by atoms with Crippen LogP contribution in [0, 0.1) is 11.3 Å². The van der Waals surface area contributed by atoms with Crippen LogP contribution in [-0.2, 0) is 10.0 Å². The lowest BCUT2D eigenvalue weighted by Gasteiger charge is -2.31. The summed E-state index contributed by atoms with van der Waals surface area (Å²) in [5, 5.41) is 8.82. The molecule has 1 fully saturated rings. The van der Waals surface area contributed by atoms with E-state index in [1.807, 2.05) is 6.07 Å². The van der Waals surface area contributed by atoms with Crippen LogP contribution in [0.2, 0.25) is 0 Å². The van der Waals surface area contributed by atoms with Gasteiger partial charge in [-0.3, -0.25) is 0 Å². The lowest BCUT2D eigenvalue weighted by molar-refractivity contribution is 0.119. The Morgan fingerprint density at radius 1 is 1.21 bits per heavy atom. The smallest absolute Gasteiger partial charge is 0.316 e. The molecule has 0 spiro atoms. The van der Waals surface area contributed by atoms with Crippen LogP contribution in [0.4, 0.5) is 0 Å². The molecule has 7 nitrogen and oxygen atoms in total. The molecule has 1 atom stereocenters. The highest BCUT2D eigenvalue weighted by molar-refractivity contribution is 7.89. The third-order valence-corrected chi connectivity index (χ3v) is 5.66. The molecule has 0 unspecified atom stereocenters. The second-order valence-electron chi connectivity index (χ2n) is 5.41. The number of rotatable bonds is 4. The molecule has 8 heteroatoms. The van der Waals surface area contributed by atoms with E-state index in [1.165, 1.54) is 28.6 Å². The zero-order valence-electron chi connectivity index (χ0n) is 12.9. The molecule has 2 heterocycles. The Kier molecular flexibility index (Phi) is 4.74. The lowest BCUT2D eigenvalue weighted by Crippen LogP contribution is -2.44. The van der Waals surface area contributed by atoms with Crippen LogP contribution < -0.4 is 4.74 Å². The fourth-order valence-corrected chi connectivity index (χ4v) is 4.08. The zero-order chi connectivity index (χ0) is 17.0. The van der Waals surface area contributed by atoms with Gasteiger partial charge >= 0.3 is 6.01 Å². The minimum Gasteiger partial charge on any atom is -0.459 e. The maximum atomic E-state index is 12.7. The van der Waals surface area contributed by atoms with E-state index < -0.39 is 10.0 Å². The topological polar surface area (TPSA) is 96.2 Å². The van der Waals surface area contributed by atoms with Crippen molar-refractivity contribution in [3.05, 3.63) is 48.3 Å². The Bertz CT molecular complexity index is 832. The summed E-state index contributed by atoms with van der Waals surface area (Å²) in [7, 11) is -3.61. The van der Waals surface area contributed by atoms with Crippen LogP contribution in [0.25, 0.3) is 0 Å². The van der Waals surface area contributed by atoms with Gasteiger partial charge in [0.2, 0.25) is 10.0 Å². The standard InChI is InChI=1S/C16H16N4O3S/c17-11-13-4-6-15(7-5-13)24(21,22)20-10-1-3-14(12-20)23-16-18-8-2-9-19-16/h2,4-9,14H,1,3,10,12H2/t14-/m1/s1. The average molecular weight is 344 g/mol. The fraction of sp³-hybridized carbons (Fsp3) is 0.312. The highest BCUT2D eigenvalue weighted by Gasteiger charge is 2.31. The van der Waals surface area contributed by atoms with E-state index in [9.17, 15) is 8.42 Å². The molecule has 0 radical (unpaired) electrons. The number of nitriles is 1. The molecular formula is C16H16N4O3S. The lowest BCUT2D eigenvalue weighted by atomic mass is 10.1. The third kappa shape index (κ3) is 3.53. The number of piperidine rings is 1. The molecule has 1 aromatic heterocycles. The molecule has 3 rings (SSSR count). The molecule has 0 amide bonds. The van der Waals surface area contributed by atoms with Gasteiger partial charge in [0.15, 0.2) is 0 Å².